The molecule has 3 heterocycles. The molecule has 2 fully saturated rings. The predicted molar refractivity (Wildman–Crippen MR) is 116 cm³/mol. The molecule has 2 aliphatic rings. The van der Waals surface area contributed by atoms with E-state index >= 15 is 0 Å². The van der Waals surface area contributed by atoms with Gasteiger partial charge in [-0.3, -0.25) is 24.3 Å². The van der Waals surface area contributed by atoms with Crippen LogP contribution in [-0.4, -0.2) is 44.9 Å². The van der Waals surface area contributed by atoms with Gasteiger partial charge in [0.25, 0.3) is 11.1 Å². The monoisotopic (exact) mass is 439 g/mol. The normalized spacial score (nSPS) is 20.5. The smallest absolute Gasteiger partial charge is 0.293 e. The van der Waals surface area contributed by atoms with E-state index in [9.17, 15) is 18.8 Å². The third-order valence-electron chi connectivity index (χ3n) is 5.48. The van der Waals surface area contributed by atoms with Crippen LogP contribution in [0.5, 0.6) is 0 Å². The number of carbonyl (C=O) groups excluding carboxylic acids is 3. The summed E-state index contributed by atoms with van der Waals surface area (Å²) < 4.78 is 13.1. The number of thioether (sulfide) groups is 1. The molecule has 160 valence electrons. The molecule has 6 nitrogen and oxygen atoms in total. The number of aromatic nitrogens is 1. The van der Waals surface area contributed by atoms with Crippen molar-refractivity contribution < 1.29 is 18.8 Å². The number of hydrogen-bond acceptors (Lipinski definition) is 5. The number of piperidine rings is 1. The van der Waals surface area contributed by atoms with Crippen LogP contribution in [0.4, 0.5) is 9.18 Å². The number of benzene rings is 1. The number of carbonyl (C=O) groups is 3. The van der Waals surface area contributed by atoms with Crippen molar-refractivity contribution in [2.45, 2.75) is 31.7 Å². The maximum atomic E-state index is 13.1. The molecule has 2 aromatic rings. The number of rotatable bonds is 5. The van der Waals surface area contributed by atoms with E-state index in [1.165, 1.54) is 12.1 Å². The zero-order valence-electron chi connectivity index (χ0n) is 16.9. The van der Waals surface area contributed by atoms with Crippen molar-refractivity contribution >= 4 is 34.9 Å². The number of nitrogens with zero attached hydrogens (tertiary/aromatic N) is 3. The SMILES string of the molecule is O=C1S/C(=C\c2ccc(F)cc2)C(=O)N1CCC(=O)N1CCCC[C@@H]1c1cccnc1. The summed E-state index contributed by atoms with van der Waals surface area (Å²) in [6.07, 6.45) is 7.99. The minimum absolute atomic E-state index is 0.0248. The van der Waals surface area contributed by atoms with Crippen LogP contribution in [0.1, 0.15) is 42.9 Å². The number of hydrogen-bond donors (Lipinski definition) is 0. The Morgan fingerprint density at radius 1 is 1.19 bits per heavy atom. The van der Waals surface area contributed by atoms with Crippen molar-refractivity contribution in [2.24, 2.45) is 0 Å². The Morgan fingerprint density at radius 3 is 2.74 bits per heavy atom. The second-order valence-corrected chi connectivity index (χ2v) is 8.51. The van der Waals surface area contributed by atoms with Crippen LogP contribution in [-0.2, 0) is 9.59 Å². The fourth-order valence-electron chi connectivity index (χ4n) is 3.90. The molecular weight excluding hydrogens is 417 g/mol. The lowest BCUT2D eigenvalue weighted by Crippen LogP contribution is -2.40. The van der Waals surface area contributed by atoms with Gasteiger partial charge < -0.3 is 4.90 Å². The van der Waals surface area contributed by atoms with Crippen molar-refractivity contribution in [1.82, 2.24) is 14.8 Å². The summed E-state index contributed by atoms with van der Waals surface area (Å²) >= 11 is 0.837. The van der Waals surface area contributed by atoms with Crippen LogP contribution in [0.25, 0.3) is 6.08 Å². The molecule has 0 aliphatic carbocycles. The molecule has 4 rings (SSSR count). The first kappa shape index (κ1) is 21.2. The Bertz CT molecular complexity index is 1010. The second-order valence-electron chi connectivity index (χ2n) is 7.52. The highest BCUT2D eigenvalue weighted by molar-refractivity contribution is 8.18. The maximum Gasteiger partial charge on any atom is 0.293 e. The number of likely N-dealkylation sites (tertiary alicyclic amines) is 1. The Hall–Kier alpha value is -3.00. The van der Waals surface area contributed by atoms with Gasteiger partial charge in [-0.1, -0.05) is 18.2 Å². The Balaban J connectivity index is 1.41. The van der Waals surface area contributed by atoms with Crippen molar-refractivity contribution in [3.63, 3.8) is 0 Å². The average molecular weight is 440 g/mol. The fraction of sp³-hybridized carbons (Fsp3) is 0.304. The molecular formula is C23H22FN3O3S. The number of imide groups is 1. The topological polar surface area (TPSA) is 70.6 Å². The lowest BCUT2D eigenvalue weighted by atomic mass is 9.96. The first-order chi connectivity index (χ1) is 15.0. The predicted octanol–water partition coefficient (Wildman–Crippen LogP) is 4.40. The van der Waals surface area contributed by atoms with E-state index in [0.29, 0.717) is 12.1 Å². The third kappa shape index (κ3) is 4.85. The molecule has 1 aromatic heterocycles. The standard InChI is InChI=1S/C23H22FN3O3S/c24-18-8-6-16(7-9-18)14-20-22(29)27(23(30)31-20)13-10-21(28)26-12-2-1-5-19(26)17-4-3-11-25-15-17/h3-4,6-9,11,14-15,19H,1-2,5,10,12-13H2/b20-14-/t19-/m1/s1. The summed E-state index contributed by atoms with van der Waals surface area (Å²) in [5, 5.41) is -0.395. The Labute approximate surface area is 184 Å². The van der Waals surface area contributed by atoms with E-state index < -0.39 is 11.1 Å². The van der Waals surface area contributed by atoms with Crippen LogP contribution < -0.4 is 0 Å². The van der Waals surface area contributed by atoms with Gasteiger partial charge >= 0.3 is 0 Å². The van der Waals surface area contributed by atoms with Crippen molar-refractivity contribution in [2.75, 3.05) is 13.1 Å². The zero-order chi connectivity index (χ0) is 21.8. The molecule has 3 amide bonds. The first-order valence-corrected chi connectivity index (χ1v) is 11.0. The van der Waals surface area contributed by atoms with Gasteiger partial charge in [0.1, 0.15) is 5.82 Å². The third-order valence-corrected chi connectivity index (χ3v) is 6.39. The molecule has 0 saturated carbocycles. The van der Waals surface area contributed by atoms with Gasteiger partial charge in [-0.2, -0.15) is 0 Å². The Kier molecular flexibility index (Phi) is 6.46. The summed E-state index contributed by atoms with van der Waals surface area (Å²) in [6, 6.07) is 9.49. The van der Waals surface area contributed by atoms with Gasteiger partial charge in [-0.05, 0) is 66.4 Å². The lowest BCUT2D eigenvalue weighted by molar-refractivity contribution is -0.135. The van der Waals surface area contributed by atoms with E-state index in [-0.39, 0.29) is 35.6 Å². The van der Waals surface area contributed by atoms with Crippen LogP contribution in [0.15, 0.2) is 53.7 Å². The number of halogens is 1. The number of amides is 3. The molecule has 0 spiro atoms. The van der Waals surface area contributed by atoms with Crippen molar-refractivity contribution in [1.29, 1.82) is 0 Å². The van der Waals surface area contributed by atoms with E-state index in [1.54, 1.807) is 30.6 Å². The van der Waals surface area contributed by atoms with Gasteiger partial charge in [0, 0.05) is 31.9 Å². The molecule has 31 heavy (non-hydrogen) atoms. The molecule has 2 aliphatic heterocycles. The van der Waals surface area contributed by atoms with Crippen LogP contribution in [0.2, 0.25) is 0 Å². The van der Waals surface area contributed by atoms with Crippen LogP contribution in [0, 0.1) is 5.82 Å². The molecule has 0 bridgehead atoms. The molecule has 1 aromatic carbocycles. The Morgan fingerprint density at radius 2 is 2.00 bits per heavy atom. The second kappa shape index (κ2) is 9.43. The first-order valence-electron chi connectivity index (χ1n) is 10.2. The minimum atomic E-state index is -0.422. The molecule has 8 heteroatoms. The fourth-order valence-corrected chi connectivity index (χ4v) is 4.77. The van der Waals surface area contributed by atoms with E-state index in [0.717, 1.165) is 41.5 Å². The van der Waals surface area contributed by atoms with Crippen LogP contribution in [0.3, 0.4) is 0 Å². The van der Waals surface area contributed by atoms with E-state index in [4.69, 9.17) is 0 Å². The van der Waals surface area contributed by atoms with Gasteiger partial charge in [0.05, 0.1) is 10.9 Å². The summed E-state index contributed by atoms with van der Waals surface area (Å²) in [6.45, 7) is 0.700. The summed E-state index contributed by atoms with van der Waals surface area (Å²) in [7, 11) is 0. The van der Waals surface area contributed by atoms with Gasteiger partial charge in [0.2, 0.25) is 5.91 Å². The highest BCUT2D eigenvalue weighted by Gasteiger charge is 2.36. The van der Waals surface area contributed by atoms with E-state index in [1.807, 2.05) is 17.0 Å². The molecule has 1 atom stereocenters. The summed E-state index contributed by atoms with van der Waals surface area (Å²) in [5.74, 6) is -0.865. The van der Waals surface area contributed by atoms with Crippen molar-refractivity contribution in [3.05, 3.63) is 70.6 Å². The van der Waals surface area contributed by atoms with Gasteiger partial charge in [0.15, 0.2) is 0 Å². The molecule has 2 saturated heterocycles. The largest absolute Gasteiger partial charge is 0.336 e. The average Bonchev–Trinajstić information content (AvgIpc) is 3.06. The summed E-state index contributed by atoms with van der Waals surface area (Å²) in [4.78, 5) is 45.4. The van der Waals surface area contributed by atoms with Gasteiger partial charge in [-0.25, -0.2) is 4.39 Å². The quantitative estimate of drug-likeness (QED) is 0.646. The minimum Gasteiger partial charge on any atom is -0.336 e. The van der Waals surface area contributed by atoms with E-state index in [2.05, 4.69) is 4.98 Å². The molecule has 0 N–H and O–H groups in total. The van der Waals surface area contributed by atoms with Crippen LogP contribution >= 0.6 is 11.8 Å². The number of pyridine rings is 1. The maximum absolute atomic E-state index is 13.1. The molecule has 0 radical (unpaired) electrons. The highest BCUT2D eigenvalue weighted by Crippen LogP contribution is 2.34. The lowest BCUT2D eigenvalue weighted by Gasteiger charge is -2.36. The van der Waals surface area contributed by atoms with Crippen molar-refractivity contribution in [3.8, 4) is 0 Å². The summed E-state index contributed by atoms with van der Waals surface area (Å²) in [5.41, 5.74) is 1.64. The zero-order valence-corrected chi connectivity index (χ0v) is 17.7. The molecule has 0 unspecified atom stereocenters. The highest BCUT2D eigenvalue weighted by atomic mass is 32.2. The van der Waals surface area contributed by atoms with Gasteiger partial charge in [-0.15, -0.1) is 0 Å².